The highest BCUT2D eigenvalue weighted by atomic mass is 16.5. The van der Waals surface area contributed by atoms with E-state index in [-0.39, 0.29) is 6.61 Å². The standard InChI is InChI=1S/C10H14O2/c1-9-3-2-4-10(6-5-9)12-8-7-11/h2-3,5-6,11H,4,7-8H2,1H3. The lowest BCUT2D eigenvalue weighted by Crippen LogP contribution is -1.98. The predicted molar refractivity (Wildman–Crippen MR) is 48.6 cm³/mol. The largest absolute Gasteiger partial charge is 0.495 e. The molecule has 0 heterocycles. The first-order valence-electron chi connectivity index (χ1n) is 4.10. The monoisotopic (exact) mass is 166 g/mol. The third-order valence-corrected chi connectivity index (χ3v) is 1.61. The van der Waals surface area contributed by atoms with Crippen LogP contribution in [-0.2, 0) is 4.74 Å². The Bertz CT molecular complexity index is 224. The minimum Gasteiger partial charge on any atom is -0.495 e. The van der Waals surface area contributed by atoms with Gasteiger partial charge in [0.15, 0.2) is 0 Å². The summed E-state index contributed by atoms with van der Waals surface area (Å²) in [5.74, 6) is 0.914. The molecule has 0 aromatic heterocycles. The maximum atomic E-state index is 8.53. The van der Waals surface area contributed by atoms with Gasteiger partial charge in [-0.25, -0.2) is 0 Å². The number of rotatable bonds is 3. The van der Waals surface area contributed by atoms with Crippen molar-refractivity contribution in [1.29, 1.82) is 0 Å². The average molecular weight is 166 g/mol. The summed E-state index contributed by atoms with van der Waals surface area (Å²) in [6.07, 6.45) is 8.89. The van der Waals surface area contributed by atoms with Crippen LogP contribution in [-0.4, -0.2) is 18.3 Å². The Hall–Kier alpha value is -1.02. The van der Waals surface area contributed by atoms with Crippen molar-refractivity contribution in [1.82, 2.24) is 0 Å². The Morgan fingerprint density at radius 1 is 1.50 bits per heavy atom. The second-order valence-electron chi connectivity index (χ2n) is 2.72. The van der Waals surface area contributed by atoms with Crippen LogP contribution in [0.2, 0.25) is 0 Å². The summed E-state index contributed by atoms with van der Waals surface area (Å²) in [4.78, 5) is 0. The third kappa shape index (κ3) is 2.93. The van der Waals surface area contributed by atoms with Gasteiger partial charge in [0, 0.05) is 6.42 Å². The minimum atomic E-state index is 0.0732. The number of ether oxygens (including phenoxy) is 1. The number of aliphatic hydroxyl groups excluding tert-OH is 1. The van der Waals surface area contributed by atoms with Gasteiger partial charge < -0.3 is 9.84 Å². The quantitative estimate of drug-likeness (QED) is 0.692. The Labute approximate surface area is 72.9 Å². The van der Waals surface area contributed by atoms with E-state index in [1.807, 2.05) is 19.1 Å². The summed E-state index contributed by atoms with van der Waals surface area (Å²) in [6.45, 7) is 2.50. The Kier molecular flexibility index (Phi) is 3.61. The highest BCUT2D eigenvalue weighted by Crippen LogP contribution is 2.11. The third-order valence-electron chi connectivity index (χ3n) is 1.61. The fraction of sp³-hybridized carbons (Fsp3) is 0.400. The highest BCUT2D eigenvalue weighted by Gasteiger charge is 1.96. The Morgan fingerprint density at radius 3 is 3.08 bits per heavy atom. The number of hydrogen-bond donors (Lipinski definition) is 1. The zero-order valence-electron chi connectivity index (χ0n) is 7.29. The van der Waals surface area contributed by atoms with Crippen LogP contribution in [0.15, 0.2) is 35.6 Å². The molecule has 0 aromatic rings. The molecule has 0 saturated heterocycles. The summed E-state index contributed by atoms with van der Waals surface area (Å²) in [7, 11) is 0. The summed E-state index contributed by atoms with van der Waals surface area (Å²) in [5.41, 5.74) is 1.22. The van der Waals surface area contributed by atoms with Crippen LogP contribution in [0.1, 0.15) is 13.3 Å². The van der Waals surface area contributed by atoms with Crippen molar-refractivity contribution in [2.75, 3.05) is 13.2 Å². The van der Waals surface area contributed by atoms with Crippen molar-refractivity contribution < 1.29 is 9.84 Å². The van der Waals surface area contributed by atoms with Gasteiger partial charge in [-0.05, 0) is 13.0 Å². The lowest BCUT2D eigenvalue weighted by Gasteiger charge is -2.04. The molecule has 2 nitrogen and oxygen atoms in total. The smallest absolute Gasteiger partial charge is 0.111 e. The first kappa shape index (κ1) is 9.07. The Balaban J connectivity index is 2.50. The zero-order valence-corrected chi connectivity index (χ0v) is 7.29. The van der Waals surface area contributed by atoms with E-state index >= 15 is 0 Å². The molecule has 0 spiro atoms. The molecule has 0 bridgehead atoms. The summed E-state index contributed by atoms with van der Waals surface area (Å²) in [6, 6.07) is 0. The van der Waals surface area contributed by atoms with Crippen molar-refractivity contribution in [3.05, 3.63) is 35.6 Å². The molecule has 12 heavy (non-hydrogen) atoms. The normalized spacial score (nSPS) is 16.5. The average Bonchev–Trinajstić information content (AvgIpc) is 2.27. The molecular formula is C10H14O2. The molecule has 0 amide bonds. The van der Waals surface area contributed by atoms with Crippen LogP contribution >= 0.6 is 0 Å². The molecule has 0 aliphatic heterocycles. The molecule has 1 N–H and O–H groups in total. The van der Waals surface area contributed by atoms with Gasteiger partial charge in [-0.2, -0.15) is 0 Å². The van der Waals surface area contributed by atoms with Gasteiger partial charge in [-0.1, -0.05) is 23.8 Å². The van der Waals surface area contributed by atoms with Gasteiger partial charge in [0.2, 0.25) is 0 Å². The molecule has 0 unspecified atom stereocenters. The maximum absolute atomic E-state index is 8.53. The molecule has 1 aliphatic rings. The molecular weight excluding hydrogens is 152 g/mol. The van der Waals surface area contributed by atoms with E-state index in [2.05, 4.69) is 12.2 Å². The second-order valence-corrected chi connectivity index (χ2v) is 2.72. The first-order chi connectivity index (χ1) is 5.83. The van der Waals surface area contributed by atoms with Crippen LogP contribution in [0.5, 0.6) is 0 Å². The van der Waals surface area contributed by atoms with E-state index < -0.39 is 0 Å². The Morgan fingerprint density at radius 2 is 2.33 bits per heavy atom. The molecule has 66 valence electrons. The molecule has 0 aromatic carbocycles. The molecule has 2 heteroatoms. The van der Waals surface area contributed by atoms with Crippen molar-refractivity contribution in [3.63, 3.8) is 0 Å². The lowest BCUT2D eigenvalue weighted by molar-refractivity contribution is 0.142. The topological polar surface area (TPSA) is 29.5 Å². The van der Waals surface area contributed by atoms with Crippen LogP contribution in [0.4, 0.5) is 0 Å². The number of hydrogen-bond acceptors (Lipinski definition) is 2. The van der Waals surface area contributed by atoms with Gasteiger partial charge in [0.1, 0.15) is 6.61 Å². The second kappa shape index (κ2) is 4.78. The van der Waals surface area contributed by atoms with Gasteiger partial charge >= 0.3 is 0 Å². The van der Waals surface area contributed by atoms with Gasteiger partial charge in [0.05, 0.1) is 12.4 Å². The molecule has 0 saturated carbocycles. The number of allylic oxidation sites excluding steroid dienone is 5. The van der Waals surface area contributed by atoms with E-state index in [9.17, 15) is 0 Å². The van der Waals surface area contributed by atoms with Crippen molar-refractivity contribution >= 4 is 0 Å². The maximum Gasteiger partial charge on any atom is 0.111 e. The van der Waals surface area contributed by atoms with Gasteiger partial charge in [-0.15, -0.1) is 0 Å². The SMILES string of the molecule is CC1=CC=C(OCCO)CC=C1. The zero-order chi connectivity index (χ0) is 8.81. The van der Waals surface area contributed by atoms with Crippen LogP contribution in [0.25, 0.3) is 0 Å². The fourth-order valence-electron chi connectivity index (χ4n) is 0.993. The molecule has 0 fully saturated rings. The van der Waals surface area contributed by atoms with Crippen LogP contribution in [0.3, 0.4) is 0 Å². The fourth-order valence-corrected chi connectivity index (χ4v) is 0.993. The predicted octanol–water partition coefficient (Wildman–Crippen LogP) is 1.79. The molecule has 1 aliphatic carbocycles. The first-order valence-corrected chi connectivity index (χ1v) is 4.10. The lowest BCUT2D eigenvalue weighted by atomic mass is 10.3. The van der Waals surface area contributed by atoms with Crippen LogP contribution in [0, 0.1) is 0 Å². The van der Waals surface area contributed by atoms with Gasteiger partial charge in [-0.3, -0.25) is 0 Å². The van der Waals surface area contributed by atoms with Crippen molar-refractivity contribution in [2.24, 2.45) is 0 Å². The highest BCUT2D eigenvalue weighted by molar-refractivity contribution is 5.27. The van der Waals surface area contributed by atoms with Gasteiger partial charge in [0.25, 0.3) is 0 Å². The van der Waals surface area contributed by atoms with E-state index in [1.165, 1.54) is 5.57 Å². The molecule has 0 atom stereocenters. The summed E-state index contributed by atoms with van der Waals surface area (Å²) >= 11 is 0. The molecule has 1 rings (SSSR count). The van der Waals surface area contributed by atoms with E-state index in [4.69, 9.17) is 9.84 Å². The van der Waals surface area contributed by atoms with Crippen molar-refractivity contribution in [3.8, 4) is 0 Å². The summed E-state index contributed by atoms with van der Waals surface area (Å²) < 4.78 is 5.28. The summed E-state index contributed by atoms with van der Waals surface area (Å²) in [5, 5.41) is 8.53. The van der Waals surface area contributed by atoms with Crippen LogP contribution < -0.4 is 0 Å². The number of aliphatic hydroxyl groups is 1. The van der Waals surface area contributed by atoms with E-state index in [0.29, 0.717) is 6.61 Å². The molecule has 0 radical (unpaired) electrons. The minimum absolute atomic E-state index is 0.0732. The van der Waals surface area contributed by atoms with E-state index in [0.717, 1.165) is 12.2 Å². The van der Waals surface area contributed by atoms with E-state index in [1.54, 1.807) is 0 Å². The van der Waals surface area contributed by atoms with Crippen molar-refractivity contribution in [2.45, 2.75) is 13.3 Å².